The van der Waals surface area contributed by atoms with Gasteiger partial charge in [0.1, 0.15) is 0 Å². The van der Waals surface area contributed by atoms with Gasteiger partial charge in [-0.1, -0.05) is 29.2 Å². The second-order valence-electron chi connectivity index (χ2n) is 4.98. The van der Waals surface area contributed by atoms with Gasteiger partial charge in [-0.3, -0.25) is 4.79 Å². The van der Waals surface area contributed by atoms with E-state index in [-0.39, 0.29) is 5.91 Å². The molecule has 0 aliphatic rings. The van der Waals surface area contributed by atoms with Crippen LogP contribution < -0.4 is 20.1 Å². The summed E-state index contributed by atoms with van der Waals surface area (Å²) in [5, 5.41) is 14.8. The van der Waals surface area contributed by atoms with Crippen molar-refractivity contribution in [3.8, 4) is 11.5 Å². The van der Waals surface area contributed by atoms with E-state index in [4.69, 9.17) is 9.47 Å². The molecular formula is C16H22N4O3S2. The standard InChI is InChI=1S/C16H22N4O3S2/c1-4-17-15-19-20-16(25-15)24-10-14(21)18-8-7-11-5-6-12(22-2)13(9-11)23-3/h5-6,9H,4,7-8,10H2,1-3H3,(H,17,19)(H,18,21). The maximum atomic E-state index is 11.9. The Hall–Kier alpha value is -2.00. The normalized spacial score (nSPS) is 10.4. The predicted octanol–water partition coefficient (Wildman–Crippen LogP) is 2.44. The van der Waals surface area contributed by atoms with Crippen LogP contribution in [0.25, 0.3) is 0 Å². The fraction of sp³-hybridized carbons (Fsp3) is 0.438. The first-order valence-electron chi connectivity index (χ1n) is 7.84. The minimum Gasteiger partial charge on any atom is -0.493 e. The van der Waals surface area contributed by atoms with Crippen LogP contribution in [0.3, 0.4) is 0 Å². The van der Waals surface area contributed by atoms with Gasteiger partial charge in [-0.25, -0.2) is 0 Å². The topological polar surface area (TPSA) is 85.4 Å². The number of anilines is 1. The molecule has 0 atom stereocenters. The van der Waals surface area contributed by atoms with E-state index in [0.29, 0.717) is 23.8 Å². The molecule has 0 unspecified atom stereocenters. The van der Waals surface area contributed by atoms with E-state index in [1.165, 1.54) is 23.1 Å². The van der Waals surface area contributed by atoms with Gasteiger partial charge in [0.2, 0.25) is 11.0 Å². The molecule has 9 heteroatoms. The molecule has 1 aromatic carbocycles. The Morgan fingerprint density at radius 3 is 2.76 bits per heavy atom. The summed E-state index contributed by atoms with van der Waals surface area (Å²) in [4.78, 5) is 11.9. The van der Waals surface area contributed by atoms with Crippen LogP contribution >= 0.6 is 23.1 Å². The van der Waals surface area contributed by atoms with Gasteiger partial charge in [0.25, 0.3) is 0 Å². The molecule has 7 nitrogen and oxygen atoms in total. The van der Waals surface area contributed by atoms with Gasteiger partial charge in [-0.2, -0.15) is 0 Å². The van der Waals surface area contributed by atoms with Crippen LogP contribution in [0.5, 0.6) is 11.5 Å². The minimum absolute atomic E-state index is 0.0225. The third-order valence-corrected chi connectivity index (χ3v) is 5.26. The Labute approximate surface area is 155 Å². The number of amides is 1. The summed E-state index contributed by atoms with van der Waals surface area (Å²) in [6.07, 6.45) is 0.722. The van der Waals surface area contributed by atoms with Crippen molar-refractivity contribution < 1.29 is 14.3 Å². The van der Waals surface area contributed by atoms with Gasteiger partial charge < -0.3 is 20.1 Å². The molecule has 1 amide bonds. The molecular weight excluding hydrogens is 360 g/mol. The summed E-state index contributed by atoms with van der Waals surface area (Å²) in [5.41, 5.74) is 1.07. The van der Waals surface area contributed by atoms with Crippen molar-refractivity contribution in [2.45, 2.75) is 17.7 Å². The van der Waals surface area contributed by atoms with Crippen molar-refractivity contribution in [2.75, 3.05) is 38.4 Å². The van der Waals surface area contributed by atoms with Gasteiger partial charge in [-0.05, 0) is 31.0 Å². The first-order chi connectivity index (χ1) is 12.2. The van der Waals surface area contributed by atoms with E-state index in [1.54, 1.807) is 14.2 Å². The predicted molar refractivity (Wildman–Crippen MR) is 101 cm³/mol. The summed E-state index contributed by atoms with van der Waals surface area (Å²) >= 11 is 2.84. The van der Waals surface area contributed by atoms with Crippen LogP contribution in [0, 0.1) is 0 Å². The maximum absolute atomic E-state index is 11.9. The van der Waals surface area contributed by atoms with Gasteiger partial charge in [-0.15, -0.1) is 10.2 Å². The lowest BCUT2D eigenvalue weighted by Gasteiger charge is -2.10. The zero-order chi connectivity index (χ0) is 18.1. The highest BCUT2D eigenvalue weighted by molar-refractivity contribution is 8.01. The van der Waals surface area contributed by atoms with Gasteiger partial charge >= 0.3 is 0 Å². The van der Waals surface area contributed by atoms with Gasteiger partial charge in [0.05, 0.1) is 20.0 Å². The molecule has 1 aromatic heterocycles. The van der Waals surface area contributed by atoms with Crippen LogP contribution in [-0.2, 0) is 11.2 Å². The average molecular weight is 383 g/mol. The quantitative estimate of drug-likeness (QED) is 0.611. The number of hydrogen-bond acceptors (Lipinski definition) is 8. The summed E-state index contributed by atoms with van der Waals surface area (Å²) in [6, 6.07) is 5.75. The van der Waals surface area contributed by atoms with Gasteiger partial charge in [0, 0.05) is 13.1 Å². The number of aromatic nitrogens is 2. The molecule has 2 aromatic rings. The zero-order valence-corrected chi connectivity index (χ0v) is 16.1. The molecule has 25 heavy (non-hydrogen) atoms. The first-order valence-corrected chi connectivity index (χ1v) is 9.64. The number of methoxy groups -OCH3 is 2. The van der Waals surface area contributed by atoms with Crippen molar-refractivity contribution >= 4 is 34.1 Å². The van der Waals surface area contributed by atoms with E-state index in [2.05, 4.69) is 20.8 Å². The molecule has 0 fully saturated rings. The van der Waals surface area contributed by atoms with Crippen LogP contribution in [0.1, 0.15) is 12.5 Å². The molecule has 0 bridgehead atoms. The second-order valence-corrected chi connectivity index (χ2v) is 7.18. The summed E-state index contributed by atoms with van der Waals surface area (Å²) in [5.74, 6) is 1.69. The Morgan fingerprint density at radius 1 is 1.24 bits per heavy atom. The number of hydrogen-bond donors (Lipinski definition) is 2. The number of nitrogens with zero attached hydrogens (tertiary/aromatic N) is 2. The maximum Gasteiger partial charge on any atom is 0.230 e. The fourth-order valence-corrected chi connectivity index (χ4v) is 3.70. The number of ether oxygens (including phenoxy) is 2. The van der Waals surface area contributed by atoms with E-state index in [9.17, 15) is 4.79 Å². The number of thioether (sulfide) groups is 1. The summed E-state index contributed by atoms with van der Waals surface area (Å²) in [6.45, 7) is 3.36. The Bertz CT molecular complexity index is 694. The Morgan fingerprint density at radius 2 is 2.04 bits per heavy atom. The monoisotopic (exact) mass is 382 g/mol. The van der Waals surface area contributed by atoms with E-state index in [0.717, 1.165) is 28.0 Å². The highest BCUT2D eigenvalue weighted by Crippen LogP contribution is 2.27. The highest BCUT2D eigenvalue weighted by Gasteiger charge is 2.08. The van der Waals surface area contributed by atoms with E-state index < -0.39 is 0 Å². The lowest BCUT2D eigenvalue weighted by atomic mass is 10.1. The van der Waals surface area contributed by atoms with Crippen LogP contribution in [-0.4, -0.2) is 49.2 Å². The van der Waals surface area contributed by atoms with Crippen molar-refractivity contribution in [2.24, 2.45) is 0 Å². The molecule has 2 rings (SSSR count). The highest BCUT2D eigenvalue weighted by atomic mass is 32.2. The first kappa shape index (κ1) is 19.3. The summed E-state index contributed by atoms with van der Waals surface area (Å²) < 4.78 is 11.3. The number of benzene rings is 1. The molecule has 0 aliphatic carbocycles. The lowest BCUT2D eigenvalue weighted by Crippen LogP contribution is -2.27. The SMILES string of the molecule is CCNc1nnc(SCC(=O)NCCc2ccc(OC)c(OC)c2)s1. The average Bonchev–Trinajstić information content (AvgIpc) is 3.07. The third kappa shape index (κ3) is 6.09. The number of nitrogens with one attached hydrogen (secondary N) is 2. The van der Waals surface area contributed by atoms with Crippen molar-refractivity contribution in [1.82, 2.24) is 15.5 Å². The van der Waals surface area contributed by atoms with E-state index in [1.807, 2.05) is 25.1 Å². The van der Waals surface area contributed by atoms with Crippen LogP contribution in [0.15, 0.2) is 22.5 Å². The Balaban J connectivity index is 1.72. The minimum atomic E-state index is -0.0225. The molecule has 2 N–H and O–H groups in total. The fourth-order valence-electron chi connectivity index (χ4n) is 2.05. The number of carbonyl (C=O) groups is 1. The van der Waals surface area contributed by atoms with Crippen molar-refractivity contribution in [3.05, 3.63) is 23.8 Å². The lowest BCUT2D eigenvalue weighted by molar-refractivity contribution is -0.118. The van der Waals surface area contributed by atoms with Crippen LogP contribution in [0.4, 0.5) is 5.13 Å². The molecule has 0 aliphatic heterocycles. The number of carbonyl (C=O) groups excluding carboxylic acids is 1. The molecule has 0 radical (unpaired) electrons. The summed E-state index contributed by atoms with van der Waals surface area (Å²) in [7, 11) is 3.21. The second kappa shape index (κ2) is 10.1. The third-order valence-electron chi connectivity index (χ3n) is 3.24. The van der Waals surface area contributed by atoms with Crippen molar-refractivity contribution in [3.63, 3.8) is 0 Å². The smallest absolute Gasteiger partial charge is 0.230 e. The molecule has 136 valence electrons. The molecule has 0 saturated heterocycles. The zero-order valence-electron chi connectivity index (χ0n) is 14.5. The molecule has 0 spiro atoms. The van der Waals surface area contributed by atoms with Gasteiger partial charge in [0.15, 0.2) is 15.8 Å². The van der Waals surface area contributed by atoms with Crippen molar-refractivity contribution in [1.29, 1.82) is 0 Å². The number of rotatable bonds is 10. The molecule has 1 heterocycles. The Kier molecular flexibility index (Phi) is 7.80. The molecule has 0 saturated carbocycles. The van der Waals surface area contributed by atoms with E-state index >= 15 is 0 Å². The largest absolute Gasteiger partial charge is 0.493 e. The van der Waals surface area contributed by atoms with Crippen LogP contribution in [0.2, 0.25) is 0 Å².